The first-order valence-electron chi connectivity index (χ1n) is 4.29. The van der Waals surface area contributed by atoms with Crippen molar-refractivity contribution in [3.05, 3.63) is 0 Å². The summed E-state index contributed by atoms with van der Waals surface area (Å²) < 4.78 is 0. The molecule has 0 saturated carbocycles. The predicted octanol–water partition coefficient (Wildman–Crippen LogP) is 1.57. The zero-order valence-electron chi connectivity index (χ0n) is 6.99. The SMILES string of the molecule is O=C(O)CCCCC1CC[Se][Se]1. The number of carboxylic acids is 1. The number of hydrogen-bond donors (Lipinski definition) is 1. The zero-order valence-corrected chi connectivity index (χ0v) is 10.4. The number of aliphatic carboxylic acids is 1. The van der Waals surface area contributed by atoms with Crippen LogP contribution in [0.3, 0.4) is 0 Å². The molecule has 0 aromatic rings. The van der Waals surface area contributed by atoms with E-state index in [9.17, 15) is 4.79 Å². The minimum absolute atomic E-state index is 0.366. The predicted molar refractivity (Wildman–Crippen MR) is 50.8 cm³/mol. The van der Waals surface area contributed by atoms with Crippen molar-refractivity contribution >= 4 is 32.2 Å². The maximum absolute atomic E-state index is 10.2. The third-order valence-electron chi connectivity index (χ3n) is 1.89. The summed E-state index contributed by atoms with van der Waals surface area (Å²) >= 11 is 1.92. The van der Waals surface area contributed by atoms with Crippen molar-refractivity contribution in [2.24, 2.45) is 0 Å². The van der Waals surface area contributed by atoms with E-state index in [1.54, 1.807) is 0 Å². The van der Waals surface area contributed by atoms with Gasteiger partial charge in [-0.2, -0.15) is 0 Å². The molecular weight excluding hydrogens is 286 g/mol. The molecule has 0 aliphatic carbocycles. The van der Waals surface area contributed by atoms with E-state index >= 15 is 0 Å². The Morgan fingerprint density at radius 2 is 2.33 bits per heavy atom. The van der Waals surface area contributed by atoms with Gasteiger partial charge in [-0.25, -0.2) is 0 Å². The van der Waals surface area contributed by atoms with Gasteiger partial charge >= 0.3 is 84.4 Å². The number of hydrogen-bond acceptors (Lipinski definition) is 1. The Labute approximate surface area is 84.4 Å². The normalized spacial score (nSPS) is 22.8. The van der Waals surface area contributed by atoms with E-state index in [0.717, 1.165) is 43.9 Å². The summed E-state index contributed by atoms with van der Waals surface area (Å²) in [6.45, 7) is 0. The van der Waals surface area contributed by atoms with Crippen molar-refractivity contribution in [2.45, 2.75) is 42.2 Å². The fraction of sp³-hybridized carbons (Fsp3) is 0.875. The van der Waals surface area contributed by atoms with E-state index < -0.39 is 5.97 Å². The molecule has 1 heterocycles. The topological polar surface area (TPSA) is 37.3 Å². The fourth-order valence-corrected chi connectivity index (χ4v) is 10.7. The van der Waals surface area contributed by atoms with E-state index in [2.05, 4.69) is 0 Å². The van der Waals surface area contributed by atoms with Crippen molar-refractivity contribution in [1.29, 1.82) is 0 Å². The Morgan fingerprint density at radius 3 is 2.92 bits per heavy atom. The molecule has 1 saturated heterocycles. The summed E-state index contributed by atoms with van der Waals surface area (Å²) in [7, 11) is 0. The van der Waals surface area contributed by atoms with Crippen molar-refractivity contribution in [3.63, 3.8) is 0 Å². The van der Waals surface area contributed by atoms with Gasteiger partial charge in [-0.15, -0.1) is 0 Å². The monoisotopic (exact) mass is 302 g/mol. The molecule has 0 amide bonds. The molecule has 0 aromatic heterocycles. The average Bonchev–Trinajstić information content (AvgIpc) is 2.49. The first kappa shape index (κ1) is 10.6. The first-order valence-corrected chi connectivity index (χ1v) is 10.8. The number of carbonyl (C=O) groups is 1. The second-order valence-corrected chi connectivity index (χ2v) is 10.8. The molecule has 0 aromatic carbocycles. The molecule has 1 atom stereocenters. The summed E-state index contributed by atoms with van der Waals surface area (Å²) in [4.78, 5) is 11.2. The van der Waals surface area contributed by atoms with Gasteiger partial charge in [-0.05, 0) is 0 Å². The van der Waals surface area contributed by atoms with Crippen LogP contribution in [0.2, 0.25) is 10.1 Å². The summed E-state index contributed by atoms with van der Waals surface area (Å²) in [6.07, 6.45) is 5.12. The molecule has 1 aliphatic heterocycles. The Hall–Kier alpha value is 0.509. The average molecular weight is 300 g/mol. The quantitative estimate of drug-likeness (QED) is 0.618. The summed E-state index contributed by atoms with van der Waals surface area (Å²) in [5, 5.41) is 9.90. The van der Waals surface area contributed by atoms with Crippen LogP contribution in [0.1, 0.15) is 32.1 Å². The van der Waals surface area contributed by atoms with Crippen LogP contribution in [0.4, 0.5) is 0 Å². The van der Waals surface area contributed by atoms with Crippen LogP contribution in [-0.4, -0.2) is 37.3 Å². The molecular formula is C8H14O2Se2. The molecule has 1 aliphatic rings. The van der Waals surface area contributed by atoms with Gasteiger partial charge in [-0.1, -0.05) is 0 Å². The number of unbranched alkanes of at least 4 members (excludes halogenated alkanes) is 1. The Kier molecular flexibility index (Phi) is 5.33. The number of rotatable bonds is 5. The molecule has 0 spiro atoms. The van der Waals surface area contributed by atoms with E-state index in [0.29, 0.717) is 6.42 Å². The van der Waals surface area contributed by atoms with Gasteiger partial charge < -0.3 is 0 Å². The van der Waals surface area contributed by atoms with Crippen LogP contribution in [-0.2, 0) is 4.79 Å². The van der Waals surface area contributed by atoms with Crippen molar-refractivity contribution in [1.82, 2.24) is 0 Å². The summed E-state index contributed by atoms with van der Waals surface area (Å²) in [5.41, 5.74) is 0. The molecule has 1 fully saturated rings. The van der Waals surface area contributed by atoms with Gasteiger partial charge in [-0.3, -0.25) is 0 Å². The van der Waals surface area contributed by atoms with Gasteiger partial charge in [0.05, 0.1) is 0 Å². The third kappa shape index (κ3) is 4.51. The number of carboxylic acid groups (broad SMARTS) is 1. The molecule has 0 radical (unpaired) electrons. The van der Waals surface area contributed by atoms with Crippen molar-refractivity contribution in [2.75, 3.05) is 0 Å². The van der Waals surface area contributed by atoms with Crippen LogP contribution >= 0.6 is 0 Å². The van der Waals surface area contributed by atoms with Gasteiger partial charge in [0.15, 0.2) is 0 Å². The Morgan fingerprint density at radius 1 is 1.50 bits per heavy atom. The van der Waals surface area contributed by atoms with Gasteiger partial charge in [0.25, 0.3) is 0 Å². The van der Waals surface area contributed by atoms with Crippen molar-refractivity contribution in [3.8, 4) is 0 Å². The summed E-state index contributed by atoms with van der Waals surface area (Å²) in [6, 6.07) is 0. The van der Waals surface area contributed by atoms with Gasteiger partial charge in [0.1, 0.15) is 0 Å². The van der Waals surface area contributed by atoms with Gasteiger partial charge in [0, 0.05) is 0 Å². The Bertz CT molecular complexity index is 144. The van der Waals surface area contributed by atoms with Crippen LogP contribution in [0.5, 0.6) is 0 Å². The summed E-state index contributed by atoms with van der Waals surface area (Å²) in [5.74, 6) is -0.642. The second kappa shape index (κ2) is 6.04. The standard InChI is InChI=1S/C8H14O2Se2/c9-8(10)4-2-1-3-7-5-6-11-12-7/h7H,1-6H2,(H,9,10). The molecule has 1 N–H and O–H groups in total. The van der Waals surface area contributed by atoms with Crippen LogP contribution < -0.4 is 0 Å². The molecule has 1 rings (SSSR count). The van der Waals surface area contributed by atoms with Crippen LogP contribution in [0.25, 0.3) is 0 Å². The van der Waals surface area contributed by atoms with Crippen LogP contribution in [0, 0.1) is 0 Å². The molecule has 70 valence electrons. The van der Waals surface area contributed by atoms with Gasteiger partial charge in [0.2, 0.25) is 0 Å². The molecule has 4 heteroatoms. The minimum atomic E-state index is -0.642. The van der Waals surface area contributed by atoms with E-state index in [1.165, 1.54) is 18.2 Å². The third-order valence-corrected chi connectivity index (χ3v) is 10.9. The van der Waals surface area contributed by atoms with E-state index in [1.807, 2.05) is 0 Å². The van der Waals surface area contributed by atoms with E-state index in [4.69, 9.17) is 5.11 Å². The molecule has 2 nitrogen and oxygen atoms in total. The zero-order chi connectivity index (χ0) is 8.81. The first-order chi connectivity index (χ1) is 5.79. The van der Waals surface area contributed by atoms with Crippen LogP contribution in [0.15, 0.2) is 0 Å². The Balaban J connectivity index is 1.91. The molecule has 12 heavy (non-hydrogen) atoms. The second-order valence-electron chi connectivity index (χ2n) is 2.97. The molecule has 1 unspecified atom stereocenters. The van der Waals surface area contributed by atoms with E-state index in [-0.39, 0.29) is 0 Å². The maximum atomic E-state index is 10.2. The molecule has 0 bridgehead atoms. The fourth-order valence-electron chi connectivity index (χ4n) is 1.21. The van der Waals surface area contributed by atoms with Crippen molar-refractivity contribution < 1.29 is 9.90 Å².